The van der Waals surface area contributed by atoms with Crippen LogP contribution in [-0.2, 0) is 4.74 Å². The number of hydrogen-bond acceptors (Lipinski definition) is 4. The van der Waals surface area contributed by atoms with Crippen molar-refractivity contribution >= 4 is 5.96 Å². The van der Waals surface area contributed by atoms with Crippen LogP contribution >= 0.6 is 0 Å². The van der Waals surface area contributed by atoms with E-state index >= 15 is 0 Å². The number of aliphatic imine (C=N–C) groups is 1. The summed E-state index contributed by atoms with van der Waals surface area (Å²) in [7, 11) is 3.42. The van der Waals surface area contributed by atoms with E-state index in [1.165, 1.54) is 18.4 Å². The zero-order chi connectivity index (χ0) is 17.9. The van der Waals surface area contributed by atoms with Crippen LogP contribution in [0.5, 0.6) is 5.75 Å². The summed E-state index contributed by atoms with van der Waals surface area (Å²) in [6.45, 7) is 7.30. The molecule has 0 aromatic heterocycles. The molecule has 1 aromatic rings. The van der Waals surface area contributed by atoms with Crippen LogP contribution in [-0.4, -0.2) is 64.4 Å². The Labute approximate surface area is 151 Å². The zero-order valence-electron chi connectivity index (χ0n) is 15.8. The highest BCUT2D eigenvalue weighted by Crippen LogP contribution is 2.27. The monoisotopic (exact) mass is 348 g/mol. The summed E-state index contributed by atoms with van der Waals surface area (Å²) in [6, 6.07) is 8.62. The lowest BCUT2D eigenvalue weighted by molar-refractivity contribution is 0.203. The summed E-state index contributed by atoms with van der Waals surface area (Å²) in [6.07, 6.45) is 2.52. The maximum absolute atomic E-state index is 5.40. The fourth-order valence-corrected chi connectivity index (χ4v) is 3.12. The molecule has 2 rings (SSSR count). The van der Waals surface area contributed by atoms with Crippen LogP contribution < -0.4 is 15.4 Å². The van der Waals surface area contributed by atoms with Crippen LogP contribution in [0.15, 0.2) is 29.3 Å². The van der Waals surface area contributed by atoms with Gasteiger partial charge in [0.25, 0.3) is 0 Å². The van der Waals surface area contributed by atoms with Crippen LogP contribution in [0.4, 0.5) is 0 Å². The molecular formula is C19H32N4O2. The topological polar surface area (TPSA) is 58.1 Å². The second-order valence-corrected chi connectivity index (χ2v) is 6.17. The molecule has 0 spiro atoms. The highest BCUT2D eigenvalue weighted by atomic mass is 16.5. The van der Waals surface area contributed by atoms with Crippen molar-refractivity contribution in [3.05, 3.63) is 29.8 Å². The Morgan fingerprint density at radius 1 is 1.24 bits per heavy atom. The van der Waals surface area contributed by atoms with Crippen molar-refractivity contribution in [1.82, 2.24) is 15.5 Å². The molecule has 1 heterocycles. The van der Waals surface area contributed by atoms with Gasteiger partial charge < -0.3 is 20.1 Å². The molecule has 2 N–H and O–H groups in total. The number of nitrogens with zero attached hydrogens (tertiary/aromatic N) is 2. The first-order valence-electron chi connectivity index (χ1n) is 9.17. The van der Waals surface area contributed by atoms with Gasteiger partial charge in [-0.05, 0) is 50.6 Å². The Balaban J connectivity index is 2.12. The minimum atomic E-state index is 0.274. The van der Waals surface area contributed by atoms with Gasteiger partial charge in [0.1, 0.15) is 5.75 Å². The van der Waals surface area contributed by atoms with Gasteiger partial charge in [0.15, 0.2) is 5.96 Å². The predicted molar refractivity (Wildman–Crippen MR) is 102 cm³/mol. The van der Waals surface area contributed by atoms with Gasteiger partial charge in [0.2, 0.25) is 0 Å². The molecule has 1 atom stereocenters. The fourth-order valence-electron chi connectivity index (χ4n) is 3.12. The molecule has 140 valence electrons. The van der Waals surface area contributed by atoms with Crippen molar-refractivity contribution in [3.63, 3.8) is 0 Å². The van der Waals surface area contributed by atoms with Gasteiger partial charge in [0.05, 0.1) is 26.3 Å². The number of methoxy groups -OCH3 is 2. The number of benzene rings is 1. The van der Waals surface area contributed by atoms with Crippen molar-refractivity contribution < 1.29 is 9.47 Å². The second-order valence-electron chi connectivity index (χ2n) is 6.17. The first-order chi connectivity index (χ1) is 12.3. The molecule has 6 heteroatoms. The summed E-state index contributed by atoms with van der Waals surface area (Å²) in [4.78, 5) is 7.34. The third kappa shape index (κ3) is 6.21. The van der Waals surface area contributed by atoms with E-state index in [0.717, 1.165) is 44.4 Å². The SMILES string of the molecule is CCNC(=NCC(c1cccc(OC)c1)N1CCCC1)NCCOC. The van der Waals surface area contributed by atoms with Gasteiger partial charge in [-0.25, -0.2) is 0 Å². The van der Waals surface area contributed by atoms with Crippen LogP contribution in [0, 0.1) is 0 Å². The molecule has 1 aliphatic rings. The smallest absolute Gasteiger partial charge is 0.191 e. The van der Waals surface area contributed by atoms with Crippen molar-refractivity contribution in [2.24, 2.45) is 4.99 Å². The molecule has 1 saturated heterocycles. The number of nitrogens with one attached hydrogen (secondary N) is 2. The quantitative estimate of drug-likeness (QED) is 0.406. The van der Waals surface area contributed by atoms with E-state index in [0.29, 0.717) is 6.61 Å². The molecule has 1 aromatic carbocycles. The molecule has 0 radical (unpaired) electrons. The minimum Gasteiger partial charge on any atom is -0.497 e. The third-order valence-corrected chi connectivity index (χ3v) is 4.43. The molecule has 0 aliphatic carbocycles. The number of rotatable bonds is 9. The van der Waals surface area contributed by atoms with E-state index in [-0.39, 0.29) is 6.04 Å². The lowest BCUT2D eigenvalue weighted by atomic mass is 10.1. The first-order valence-corrected chi connectivity index (χ1v) is 9.17. The molecule has 0 amide bonds. The van der Waals surface area contributed by atoms with E-state index < -0.39 is 0 Å². The maximum atomic E-state index is 5.40. The number of hydrogen-bond donors (Lipinski definition) is 2. The lowest BCUT2D eigenvalue weighted by Crippen LogP contribution is -2.39. The largest absolute Gasteiger partial charge is 0.497 e. The van der Waals surface area contributed by atoms with E-state index in [9.17, 15) is 0 Å². The number of likely N-dealkylation sites (tertiary alicyclic amines) is 1. The third-order valence-electron chi connectivity index (χ3n) is 4.43. The summed E-state index contributed by atoms with van der Waals surface area (Å²) < 4.78 is 10.5. The van der Waals surface area contributed by atoms with Gasteiger partial charge in [0, 0.05) is 20.2 Å². The standard InChI is InChI=1S/C19H32N4O2/c1-4-20-19(21-10-13-24-2)22-15-18(23-11-5-6-12-23)16-8-7-9-17(14-16)25-3/h7-9,14,18H,4-6,10-13,15H2,1-3H3,(H2,20,21,22). The summed E-state index contributed by atoms with van der Waals surface area (Å²) >= 11 is 0. The second kappa shape index (κ2) is 10.9. The molecule has 1 aliphatic heterocycles. The van der Waals surface area contributed by atoms with Crippen molar-refractivity contribution in [3.8, 4) is 5.75 Å². The number of ether oxygens (including phenoxy) is 2. The maximum Gasteiger partial charge on any atom is 0.191 e. The Morgan fingerprint density at radius 3 is 2.72 bits per heavy atom. The molecular weight excluding hydrogens is 316 g/mol. The van der Waals surface area contributed by atoms with Gasteiger partial charge in [-0.1, -0.05) is 12.1 Å². The minimum absolute atomic E-state index is 0.274. The van der Waals surface area contributed by atoms with Crippen LogP contribution in [0.1, 0.15) is 31.4 Å². The van der Waals surface area contributed by atoms with Crippen LogP contribution in [0.2, 0.25) is 0 Å². The van der Waals surface area contributed by atoms with Crippen molar-refractivity contribution in [1.29, 1.82) is 0 Å². The van der Waals surface area contributed by atoms with E-state index in [4.69, 9.17) is 14.5 Å². The van der Waals surface area contributed by atoms with Crippen LogP contribution in [0.3, 0.4) is 0 Å². The molecule has 6 nitrogen and oxygen atoms in total. The number of guanidine groups is 1. The molecule has 25 heavy (non-hydrogen) atoms. The summed E-state index contributed by atoms with van der Waals surface area (Å²) in [5, 5.41) is 6.61. The fraction of sp³-hybridized carbons (Fsp3) is 0.632. The van der Waals surface area contributed by atoms with Gasteiger partial charge in [-0.15, -0.1) is 0 Å². The molecule has 0 saturated carbocycles. The van der Waals surface area contributed by atoms with E-state index in [1.807, 2.05) is 6.07 Å². The van der Waals surface area contributed by atoms with Crippen LogP contribution in [0.25, 0.3) is 0 Å². The molecule has 1 unspecified atom stereocenters. The summed E-state index contributed by atoms with van der Waals surface area (Å²) in [5.74, 6) is 1.74. The first kappa shape index (κ1) is 19.5. The Morgan fingerprint density at radius 2 is 2.04 bits per heavy atom. The normalized spacial score (nSPS) is 16.7. The van der Waals surface area contributed by atoms with E-state index in [2.05, 4.69) is 40.7 Å². The van der Waals surface area contributed by atoms with Gasteiger partial charge >= 0.3 is 0 Å². The Bertz CT molecular complexity index is 530. The Hall–Kier alpha value is -1.79. The molecule has 0 bridgehead atoms. The van der Waals surface area contributed by atoms with E-state index in [1.54, 1.807) is 14.2 Å². The molecule has 1 fully saturated rings. The Kier molecular flexibility index (Phi) is 8.55. The van der Waals surface area contributed by atoms with Crippen molar-refractivity contribution in [2.75, 3.05) is 53.6 Å². The van der Waals surface area contributed by atoms with Gasteiger partial charge in [-0.3, -0.25) is 9.89 Å². The van der Waals surface area contributed by atoms with Crippen molar-refractivity contribution in [2.45, 2.75) is 25.8 Å². The highest BCUT2D eigenvalue weighted by Gasteiger charge is 2.23. The predicted octanol–water partition coefficient (Wildman–Crippen LogP) is 2.03. The summed E-state index contributed by atoms with van der Waals surface area (Å²) in [5.41, 5.74) is 1.26. The lowest BCUT2D eigenvalue weighted by Gasteiger charge is -2.27. The van der Waals surface area contributed by atoms with Gasteiger partial charge in [-0.2, -0.15) is 0 Å². The average Bonchev–Trinajstić information content (AvgIpc) is 3.16. The highest BCUT2D eigenvalue weighted by molar-refractivity contribution is 5.79. The zero-order valence-corrected chi connectivity index (χ0v) is 15.8. The average molecular weight is 348 g/mol.